The van der Waals surface area contributed by atoms with E-state index in [2.05, 4.69) is 9.97 Å². The van der Waals surface area contributed by atoms with Gasteiger partial charge in [-0.1, -0.05) is 24.3 Å². The van der Waals surface area contributed by atoms with Gasteiger partial charge in [-0.3, -0.25) is 0 Å². The second-order valence-corrected chi connectivity index (χ2v) is 5.29. The lowest BCUT2D eigenvalue weighted by Crippen LogP contribution is -2.04. The van der Waals surface area contributed by atoms with Crippen LogP contribution in [0, 0.1) is 5.82 Å². The van der Waals surface area contributed by atoms with Gasteiger partial charge in [0.15, 0.2) is 11.6 Å². The van der Waals surface area contributed by atoms with Crippen molar-refractivity contribution in [1.29, 1.82) is 0 Å². The molecule has 3 aromatic rings. The fourth-order valence-electron chi connectivity index (χ4n) is 2.27. The highest BCUT2D eigenvalue weighted by Gasteiger charge is 2.22. The van der Waals surface area contributed by atoms with Gasteiger partial charge in [0.05, 0.1) is 14.2 Å². The molecule has 0 radical (unpaired) electrons. The summed E-state index contributed by atoms with van der Waals surface area (Å²) in [6, 6.07) is 11.5. The Kier molecular flexibility index (Phi) is 5.54. The van der Waals surface area contributed by atoms with E-state index in [9.17, 15) is 14.3 Å². The SMILES string of the molecule is COc1nc(Oc2ccccc2C(=O)O)nc(OC)c1Oc1ccccc1F. The molecule has 0 bridgehead atoms. The molecule has 2 aromatic carbocycles. The van der Waals surface area contributed by atoms with Crippen LogP contribution in [-0.2, 0) is 0 Å². The summed E-state index contributed by atoms with van der Waals surface area (Å²) in [4.78, 5) is 19.4. The molecule has 0 aliphatic carbocycles. The third kappa shape index (κ3) is 3.93. The predicted octanol–water partition coefficient (Wildman–Crippen LogP) is 3.92. The molecule has 0 saturated heterocycles. The molecule has 3 rings (SSSR count). The van der Waals surface area contributed by atoms with Crippen LogP contribution in [0.25, 0.3) is 0 Å². The summed E-state index contributed by atoms with van der Waals surface area (Å²) in [5.74, 6) is -2.05. The highest BCUT2D eigenvalue weighted by molar-refractivity contribution is 5.90. The first-order chi connectivity index (χ1) is 13.5. The molecule has 0 amide bonds. The molecular formula is C19H15FN2O6. The second kappa shape index (κ2) is 8.21. The smallest absolute Gasteiger partial charge is 0.339 e. The number of hydrogen-bond acceptors (Lipinski definition) is 7. The number of hydrogen-bond donors (Lipinski definition) is 1. The summed E-state index contributed by atoms with van der Waals surface area (Å²) in [6.45, 7) is 0. The average Bonchev–Trinajstić information content (AvgIpc) is 2.70. The Balaban J connectivity index is 2.00. The molecule has 0 atom stereocenters. The zero-order chi connectivity index (χ0) is 20.1. The number of carbonyl (C=O) groups is 1. The number of methoxy groups -OCH3 is 2. The van der Waals surface area contributed by atoms with E-state index in [4.69, 9.17) is 18.9 Å². The molecule has 0 spiro atoms. The highest BCUT2D eigenvalue weighted by Crippen LogP contribution is 2.40. The topological polar surface area (TPSA) is 100 Å². The van der Waals surface area contributed by atoms with Crippen molar-refractivity contribution in [3.63, 3.8) is 0 Å². The fourth-order valence-corrected chi connectivity index (χ4v) is 2.27. The maximum atomic E-state index is 13.9. The first-order valence-electron chi connectivity index (χ1n) is 7.96. The zero-order valence-electron chi connectivity index (χ0n) is 14.9. The average molecular weight is 386 g/mol. The quantitative estimate of drug-likeness (QED) is 0.652. The number of benzene rings is 2. The number of aromatic nitrogens is 2. The third-order valence-electron chi connectivity index (χ3n) is 3.54. The minimum Gasteiger partial charge on any atom is -0.478 e. The number of carboxylic acid groups (broad SMARTS) is 1. The van der Waals surface area contributed by atoms with E-state index >= 15 is 0 Å². The Morgan fingerprint density at radius 3 is 2.04 bits per heavy atom. The zero-order valence-corrected chi connectivity index (χ0v) is 14.9. The van der Waals surface area contributed by atoms with Gasteiger partial charge in [-0.25, -0.2) is 9.18 Å². The molecule has 0 aliphatic heterocycles. The molecule has 1 heterocycles. The Morgan fingerprint density at radius 1 is 0.893 bits per heavy atom. The number of nitrogens with zero attached hydrogens (tertiary/aromatic N) is 2. The maximum Gasteiger partial charge on any atom is 0.339 e. The van der Waals surface area contributed by atoms with Gasteiger partial charge in [0.25, 0.3) is 17.5 Å². The van der Waals surface area contributed by atoms with E-state index in [1.807, 2.05) is 0 Å². The van der Waals surface area contributed by atoms with Crippen molar-refractivity contribution in [1.82, 2.24) is 9.97 Å². The largest absolute Gasteiger partial charge is 0.478 e. The van der Waals surface area contributed by atoms with E-state index < -0.39 is 11.8 Å². The molecule has 1 N–H and O–H groups in total. The van der Waals surface area contributed by atoms with E-state index in [0.717, 1.165) is 0 Å². The number of para-hydroxylation sites is 2. The summed E-state index contributed by atoms with van der Waals surface area (Å²) in [7, 11) is 2.65. The number of halogens is 1. The monoisotopic (exact) mass is 386 g/mol. The van der Waals surface area contributed by atoms with Gasteiger partial charge in [-0.2, -0.15) is 9.97 Å². The van der Waals surface area contributed by atoms with Crippen LogP contribution >= 0.6 is 0 Å². The van der Waals surface area contributed by atoms with Gasteiger partial charge in [0, 0.05) is 0 Å². The summed E-state index contributed by atoms with van der Waals surface area (Å²) in [6.07, 6.45) is 0. The lowest BCUT2D eigenvalue weighted by Gasteiger charge is -2.14. The molecule has 0 aliphatic rings. The standard InChI is InChI=1S/C19H15FN2O6/c1-25-16-15(27-14-10-6-4-8-12(14)20)17(26-2)22-19(21-16)28-13-9-5-3-7-11(13)18(23)24/h3-10H,1-2H3,(H,23,24). The molecule has 0 fully saturated rings. The summed E-state index contributed by atoms with van der Waals surface area (Å²) >= 11 is 0. The van der Waals surface area contributed by atoms with Crippen molar-refractivity contribution < 1.29 is 33.2 Å². The highest BCUT2D eigenvalue weighted by atomic mass is 19.1. The van der Waals surface area contributed by atoms with Crippen molar-refractivity contribution in [2.24, 2.45) is 0 Å². The lowest BCUT2D eigenvalue weighted by molar-refractivity contribution is 0.0694. The van der Waals surface area contributed by atoms with Gasteiger partial charge in [-0.15, -0.1) is 0 Å². The van der Waals surface area contributed by atoms with E-state index in [1.54, 1.807) is 18.2 Å². The van der Waals surface area contributed by atoms with Crippen LogP contribution in [0.3, 0.4) is 0 Å². The minimum atomic E-state index is -1.17. The molecule has 144 valence electrons. The van der Waals surface area contributed by atoms with Crippen LogP contribution in [0.4, 0.5) is 4.39 Å². The van der Waals surface area contributed by atoms with Crippen molar-refractivity contribution >= 4 is 5.97 Å². The summed E-state index contributed by atoms with van der Waals surface area (Å²) in [5.41, 5.74) is -0.0734. The Morgan fingerprint density at radius 2 is 1.46 bits per heavy atom. The first-order valence-corrected chi connectivity index (χ1v) is 7.96. The molecule has 0 saturated carbocycles. The van der Waals surface area contributed by atoms with Crippen LogP contribution in [0.15, 0.2) is 48.5 Å². The normalized spacial score (nSPS) is 10.2. The molecule has 1 aromatic heterocycles. The lowest BCUT2D eigenvalue weighted by atomic mass is 10.2. The van der Waals surface area contributed by atoms with E-state index in [-0.39, 0.29) is 40.6 Å². The number of aromatic carboxylic acids is 1. The van der Waals surface area contributed by atoms with Crippen molar-refractivity contribution in [2.45, 2.75) is 0 Å². The Hall–Kier alpha value is -3.88. The first kappa shape index (κ1) is 18.9. The van der Waals surface area contributed by atoms with Crippen LogP contribution in [0.2, 0.25) is 0 Å². The molecule has 28 heavy (non-hydrogen) atoms. The third-order valence-corrected chi connectivity index (χ3v) is 3.54. The van der Waals surface area contributed by atoms with Gasteiger partial charge in [0.1, 0.15) is 11.3 Å². The van der Waals surface area contributed by atoms with Gasteiger partial charge in [0.2, 0.25) is 0 Å². The molecular weight excluding hydrogens is 371 g/mol. The number of carboxylic acids is 1. The Bertz CT molecular complexity index is 986. The van der Waals surface area contributed by atoms with Crippen LogP contribution in [0.1, 0.15) is 10.4 Å². The molecule has 0 unspecified atom stereocenters. The van der Waals surface area contributed by atoms with Gasteiger partial charge < -0.3 is 24.1 Å². The van der Waals surface area contributed by atoms with Crippen LogP contribution < -0.4 is 18.9 Å². The maximum absolute atomic E-state index is 13.9. The molecule has 9 heteroatoms. The van der Waals surface area contributed by atoms with E-state index in [1.165, 1.54) is 44.6 Å². The molecule has 8 nitrogen and oxygen atoms in total. The van der Waals surface area contributed by atoms with Crippen LogP contribution in [-0.4, -0.2) is 35.3 Å². The minimum absolute atomic E-state index is 0.0295. The van der Waals surface area contributed by atoms with Crippen LogP contribution in [0.5, 0.6) is 35.0 Å². The number of ether oxygens (including phenoxy) is 4. The second-order valence-electron chi connectivity index (χ2n) is 5.29. The summed E-state index contributed by atoms with van der Waals surface area (Å²) < 4.78 is 35.3. The predicted molar refractivity (Wildman–Crippen MR) is 95.1 cm³/mol. The van der Waals surface area contributed by atoms with Gasteiger partial charge in [-0.05, 0) is 24.3 Å². The van der Waals surface area contributed by atoms with Crippen molar-refractivity contribution in [2.75, 3.05) is 14.2 Å². The van der Waals surface area contributed by atoms with E-state index in [0.29, 0.717) is 0 Å². The van der Waals surface area contributed by atoms with Crippen molar-refractivity contribution in [3.8, 4) is 35.0 Å². The summed E-state index contributed by atoms with van der Waals surface area (Å²) in [5, 5.41) is 9.25. The Labute approximate surface area is 159 Å². The number of rotatable bonds is 7. The van der Waals surface area contributed by atoms with Gasteiger partial charge >= 0.3 is 12.0 Å². The fraction of sp³-hybridized carbons (Fsp3) is 0.105. The van der Waals surface area contributed by atoms with Crippen molar-refractivity contribution in [3.05, 3.63) is 59.9 Å².